The van der Waals surface area contributed by atoms with Crippen LogP contribution in [0, 0.1) is 13.8 Å². The first-order chi connectivity index (χ1) is 9.75. The van der Waals surface area contributed by atoms with E-state index in [0.717, 1.165) is 17.8 Å². The highest BCUT2D eigenvalue weighted by atomic mass is 35.5. The Morgan fingerprint density at radius 2 is 1.76 bits per heavy atom. The molecule has 0 aliphatic carbocycles. The van der Waals surface area contributed by atoms with Crippen LogP contribution in [0.4, 0.5) is 13.2 Å². The van der Waals surface area contributed by atoms with Gasteiger partial charge in [-0.25, -0.2) is 0 Å². The van der Waals surface area contributed by atoms with Crippen molar-refractivity contribution in [1.82, 2.24) is 4.57 Å². The second kappa shape index (κ2) is 5.56. The summed E-state index contributed by atoms with van der Waals surface area (Å²) < 4.78 is 39.4. The van der Waals surface area contributed by atoms with Crippen molar-refractivity contribution in [2.75, 3.05) is 5.88 Å². The van der Waals surface area contributed by atoms with Crippen LogP contribution in [0.5, 0.6) is 0 Å². The summed E-state index contributed by atoms with van der Waals surface area (Å²) in [5.41, 5.74) is 1.79. The summed E-state index contributed by atoms with van der Waals surface area (Å²) in [6.45, 7) is 3.53. The highest BCUT2D eigenvalue weighted by Gasteiger charge is 2.30. The summed E-state index contributed by atoms with van der Waals surface area (Å²) >= 11 is 5.55. The quantitative estimate of drug-likeness (QED) is 0.602. The number of carbonyl (C=O) groups is 1. The molecule has 0 N–H and O–H groups in total. The molecule has 2 nitrogen and oxygen atoms in total. The first-order valence-corrected chi connectivity index (χ1v) is 6.75. The van der Waals surface area contributed by atoms with Gasteiger partial charge in [-0.1, -0.05) is 0 Å². The summed E-state index contributed by atoms with van der Waals surface area (Å²) in [6, 6.07) is 6.52. The van der Waals surface area contributed by atoms with E-state index < -0.39 is 11.7 Å². The number of hydrogen-bond acceptors (Lipinski definition) is 1. The number of ketones is 1. The van der Waals surface area contributed by atoms with E-state index in [1.54, 1.807) is 24.5 Å². The number of halogens is 4. The average Bonchev–Trinajstić information content (AvgIpc) is 2.72. The van der Waals surface area contributed by atoms with Crippen LogP contribution in [0.15, 0.2) is 30.3 Å². The van der Waals surface area contributed by atoms with Crippen molar-refractivity contribution in [2.45, 2.75) is 20.0 Å². The summed E-state index contributed by atoms with van der Waals surface area (Å²) in [5, 5.41) is 0. The lowest BCUT2D eigenvalue weighted by Crippen LogP contribution is -2.06. The number of carbonyl (C=O) groups excluding carboxylic acids is 1. The summed E-state index contributed by atoms with van der Waals surface area (Å²) in [7, 11) is 0. The smallest absolute Gasteiger partial charge is 0.318 e. The predicted octanol–water partition coefficient (Wildman–Crippen LogP) is 4.53. The van der Waals surface area contributed by atoms with E-state index in [-0.39, 0.29) is 11.7 Å². The Hall–Kier alpha value is -1.75. The molecular weight excluding hydrogens is 303 g/mol. The van der Waals surface area contributed by atoms with Crippen LogP contribution in [-0.4, -0.2) is 16.2 Å². The highest BCUT2D eigenvalue weighted by molar-refractivity contribution is 6.30. The number of alkyl halides is 4. The van der Waals surface area contributed by atoms with E-state index in [4.69, 9.17) is 11.6 Å². The Morgan fingerprint density at radius 1 is 1.19 bits per heavy atom. The lowest BCUT2D eigenvalue weighted by Gasteiger charge is -2.12. The molecular formula is C15H13ClF3NO. The van der Waals surface area contributed by atoms with Gasteiger partial charge in [-0.05, 0) is 44.2 Å². The summed E-state index contributed by atoms with van der Waals surface area (Å²) in [5.74, 6) is -0.333. The normalized spacial score (nSPS) is 11.7. The fourth-order valence-electron chi connectivity index (χ4n) is 2.31. The fraction of sp³-hybridized carbons (Fsp3) is 0.267. The van der Waals surface area contributed by atoms with Gasteiger partial charge < -0.3 is 4.57 Å². The zero-order valence-electron chi connectivity index (χ0n) is 11.5. The third-order valence-corrected chi connectivity index (χ3v) is 3.55. The van der Waals surface area contributed by atoms with E-state index in [2.05, 4.69) is 0 Å². The van der Waals surface area contributed by atoms with Crippen molar-refractivity contribution >= 4 is 17.4 Å². The minimum absolute atomic E-state index is 0.128. The lowest BCUT2D eigenvalue weighted by molar-refractivity contribution is -0.137. The van der Waals surface area contributed by atoms with Gasteiger partial charge >= 0.3 is 6.18 Å². The second-order valence-electron chi connectivity index (χ2n) is 4.72. The molecule has 1 aromatic carbocycles. The molecule has 0 saturated carbocycles. The van der Waals surface area contributed by atoms with Crippen molar-refractivity contribution in [3.63, 3.8) is 0 Å². The van der Waals surface area contributed by atoms with Crippen LogP contribution in [0.1, 0.15) is 27.3 Å². The molecule has 0 unspecified atom stereocenters. The van der Waals surface area contributed by atoms with Crippen LogP contribution >= 0.6 is 11.6 Å². The second-order valence-corrected chi connectivity index (χ2v) is 4.99. The standard InChI is InChI=1S/C15H13ClF3NO/c1-9-7-13(14(21)8-16)10(2)20(9)12-5-3-11(4-6-12)15(17,18)19/h3-7H,8H2,1-2H3. The minimum Gasteiger partial charge on any atom is -0.318 e. The Bertz CT molecular complexity index is 671. The number of nitrogens with zero attached hydrogens (tertiary/aromatic N) is 1. The molecule has 0 aliphatic heterocycles. The van der Waals surface area contributed by atoms with Crippen LogP contribution < -0.4 is 0 Å². The first-order valence-electron chi connectivity index (χ1n) is 6.21. The molecule has 112 valence electrons. The number of rotatable bonds is 3. The minimum atomic E-state index is -4.36. The van der Waals surface area contributed by atoms with Crippen LogP contribution in [0.3, 0.4) is 0 Å². The molecule has 0 saturated heterocycles. The van der Waals surface area contributed by atoms with Gasteiger partial charge in [0.05, 0.1) is 11.4 Å². The third-order valence-electron chi connectivity index (χ3n) is 3.31. The van der Waals surface area contributed by atoms with Crippen molar-refractivity contribution in [3.8, 4) is 5.69 Å². The summed E-state index contributed by atoms with van der Waals surface area (Å²) in [4.78, 5) is 11.7. The molecule has 2 rings (SSSR count). The fourth-order valence-corrected chi connectivity index (χ4v) is 2.46. The van der Waals surface area contributed by atoms with E-state index in [1.165, 1.54) is 12.1 Å². The van der Waals surface area contributed by atoms with Crippen molar-refractivity contribution in [3.05, 3.63) is 52.8 Å². The third kappa shape index (κ3) is 2.97. The van der Waals surface area contributed by atoms with Gasteiger partial charge in [-0.3, -0.25) is 4.79 Å². The highest BCUT2D eigenvalue weighted by Crippen LogP contribution is 2.30. The van der Waals surface area contributed by atoms with E-state index in [1.807, 2.05) is 0 Å². The number of benzene rings is 1. The van der Waals surface area contributed by atoms with Crippen LogP contribution in [-0.2, 0) is 6.18 Å². The molecule has 0 spiro atoms. The molecule has 0 bridgehead atoms. The Balaban J connectivity index is 2.48. The molecule has 0 radical (unpaired) electrons. The van der Waals surface area contributed by atoms with E-state index in [9.17, 15) is 18.0 Å². The number of hydrogen-bond donors (Lipinski definition) is 0. The van der Waals surface area contributed by atoms with Gasteiger partial charge in [-0.15, -0.1) is 11.6 Å². The largest absolute Gasteiger partial charge is 0.416 e. The first kappa shape index (κ1) is 15.6. The molecule has 0 atom stereocenters. The van der Waals surface area contributed by atoms with E-state index >= 15 is 0 Å². The lowest BCUT2D eigenvalue weighted by atomic mass is 10.1. The van der Waals surface area contributed by atoms with Crippen LogP contribution in [0.2, 0.25) is 0 Å². The molecule has 6 heteroatoms. The Labute approximate surface area is 125 Å². The maximum absolute atomic E-state index is 12.6. The molecule has 0 fully saturated rings. The van der Waals surface area contributed by atoms with Gasteiger partial charge in [0.15, 0.2) is 5.78 Å². The van der Waals surface area contributed by atoms with Gasteiger partial charge in [0.2, 0.25) is 0 Å². The zero-order valence-corrected chi connectivity index (χ0v) is 12.2. The predicted molar refractivity (Wildman–Crippen MR) is 75.3 cm³/mol. The molecule has 2 aromatic rings. The summed E-state index contributed by atoms with van der Waals surface area (Å²) in [6.07, 6.45) is -4.36. The Morgan fingerprint density at radius 3 is 2.24 bits per heavy atom. The monoisotopic (exact) mass is 315 g/mol. The van der Waals surface area contributed by atoms with Gasteiger partial charge in [0.1, 0.15) is 0 Å². The average molecular weight is 316 g/mol. The molecule has 0 amide bonds. The maximum Gasteiger partial charge on any atom is 0.416 e. The molecule has 1 heterocycles. The maximum atomic E-state index is 12.6. The van der Waals surface area contributed by atoms with Crippen molar-refractivity contribution < 1.29 is 18.0 Å². The zero-order chi connectivity index (χ0) is 15.8. The van der Waals surface area contributed by atoms with Crippen molar-refractivity contribution in [2.24, 2.45) is 0 Å². The van der Waals surface area contributed by atoms with Crippen molar-refractivity contribution in [1.29, 1.82) is 0 Å². The van der Waals surface area contributed by atoms with Gasteiger partial charge in [0.25, 0.3) is 0 Å². The van der Waals surface area contributed by atoms with Crippen LogP contribution in [0.25, 0.3) is 5.69 Å². The topological polar surface area (TPSA) is 22.0 Å². The molecule has 1 aromatic heterocycles. The molecule has 0 aliphatic rings. The van der Waals surface area contributed by atoms with Gasteiger partial charge in [-0.2, -0.15) is 13.2 Å². The SMILES string of the molecule is Cc1cc(C(=O)CCl)c(C)n1-c1ccc(C(F)(F)F)cc1. The van der Waals surface area contributed by atoms with Gasteiger partial charge in [0, 0.05) is 22.6 Å². The molecule has 21 heavy (non-hydrogen) atoms. The number of Topliss-reactive ketones (excluding diaryl/α,β-unsaturated/α-hetero) is 1. The Kier molecular flexibility index (Phi) is 4.14. The number of aromatic nitrogens is 1. The van der Waals surface area contributed by atoms with E-state index in [0.29, 0.717) is 16.9 Å². The number of aryl methyl sites for hydroxylation is 1.